The number of nitrogens with one attached hydrogen (secondary N) is 1. The zero-order valence-corrected chi connectivity index (χ0v) is 12.6. The Labute approximate surface area is 120 Å². The Bertz CT molecular complexity index is 445. The van der Waals surface area contributed by atoms with E-state index in [1.165, 1.54) is 0 Å². The molecule has 20 heavy (non-hydrogen) atoms. The summed E-state index contributed by atoms with van der Waals surface area (Å²) in [7, 11) is 0. The molecule has 1 saturated heterocycles. The third kappa shape index (κ3) is 3.79. The molecule has 4 nitrogen and oxygen atoms in total. The lowest BCUT2D eigenvalue weighted by molar-refractivity contribution is -0.172. The van der Waals surface area contributed by atoms with E-state index in [1.807, 2.05) is 39.0 Å². The van der Waals surface area contributed by atoms with Gasteiger partial charge in [0, 0.05) is 31.2 Å². The van der Waals surface area contributed by atoms with Crippen molar-refractivity contribution >= 4 is 5.97 Å². The number of aromatic nitrogens is 1. The van der Waals surface area contributed by atoms with Crippen molar-refractivity contribution in [1.29, 1.82) is 0 Å². The van der Waals surface area contributed by atoms with E-state index >= 15 is 0 Å². The van der Waals surface area contributed by atoms with Crippen LogP contribution >= 0.6 is 0 Å². The lowest BCUT2D eigenvalue weighted by Crippen LogP contribution is -2.48. The predicted octanol–water partition coefficient (Wildman–Crippen LogP) is 2.34. The first kappa shape index (κ1) is 15.0. The first-order valence-corrected chi connectivity index (χ1v) is 7.25. The third-order valence-electron chi connectivity index (χ3n) is 3.67. The molecular formula is C16H24N2O2. The number of esters is 1. The SMILES string of the molecule is CC(C)(C)C(=O)OC1(Cc2ccccn2)CCNCC1. The maximum Gasteiger partial charge on any atom is 0.311 e. The molecule has 0 bridgehead atoms. The van der Waals surface area contributed by atoms with Gasteiger partial charge in [-0.15, -0.1) is 0 Å². The molecular weight excluding hydrogens is 252 g/mol. The summed E-state index contributed by atoms with van der Waals surface area (Å²) in [5.41, 5.74) is 0.0995. The largest absolute Gasteiger partial charge is 0.458 e. The summed E-state index contributed by atoms with van der Waals surface area (Å²) < 4.78 is 5.93. The second-order valence-electron chi connectivity index (χ2n) is 6.57. The molecule has 0 unspecified atom stereocenters. The number of hydrogen-bond donors (Lipinski definition) is 1. The van der Waals surface area contributed by atoms with E-state index in [2.05, 4.69) is 10.3 Å². The molecule has 0 amide bonds. The zero-order chi connectivity index (χ0) is 14.6. The molecule has 0 saturated carbocycles. The summed E-state index contributed by atoms with van der Waals surface area (Å²) >= 11 is 0. The summed E-state index contributed by atoms with van der Waals surface area (Å²) in [6, 6.07) is 5.87. The van der Waals surface area contributed by atoms with Crippen LogP contribution < -0.4 is 5.32 Å². The van der Waals surface area contributed by atoms with Gasteiger partial charge >= 0.3 is 5.97 Å². The molecule has 2 heterocycles. The fourth-order valence-electron chi connectivity index (χ4n) is 2.38. The van der Waals surface area contributed by atoms with E-state index in [9.17, 15) is 4.79 Å². The molecule has 2 rings (SSSR count). The number of piperidine rings is 1. The number of pyridine rings is 1. The molecule has 0 aromatic carbocycles. The topological polar surface area (TPSA) is 51.2 Å². The van der Waals surface area contributed by atoms with Crippen LogP contribution in [-0.4, -0.2) is 29.6 Å². The number of hydrogen-bond acceptors (Lipinski definition) is 4. The molecule has 0 aliphatic carbocycles. The van der Waals surface area contributed by atoms with Gasteiger partial charge < -0.3 is 10.1 Å². The van der Waals surface area contributed by atoms with Gasteiger partial charge in [-0.1, -0.05) is 6.07 Å². The van der Waals surface area contributed by atoms with Crippen molar-refractivity contribution in [2.45, 2.75) is 45.6 Å². The Morgan fingerprint density at radius 1 is 1.35 bits per heavy atom. The molecule has 1 fully saturated rings. The molecule has 110 valence electrons. The van der Waals surface area contributed by atoms with E-state index in [1.54, 1.807) is 6.20 Å². The minimum absolute atomic E-state index is 0.129. The normalized spacial score (nSPS) is 18.6. The standard InChI is InChI=1S/C16H24N2O2/c1-15(2,3)14(19)20-16(7-10-17-11-8-16)12-13-6-4-5-9-18-13/h4-6,9,17H,7-8,10-12H2,1-3H3. The van der Waals surface area contributed by atoms with Crippen LogP contribution in [0.3, 0.4) is 0 Å². The van der Waals surface area contributed by atoms with Gasteiger partial charge in [-0.05, 0) is 46.0 Å². The van der Waals surface area contributed by atoms with E-state index in [0.29, 0.717) is 6.42 Å². The Balaban J connectivity index is 2.15. The summed E-state index contributed by atoms with van der Waals surface area (Å²) in [5, 5.41) is 3.33. The van der Waals surface area contributed by atoms with Crippen LogP contribution in [0.5, 0.6) is 0 Å². The predicted molar refractivity (Wildman–Crippen MR) is 78.3 cm³/mol. The van der Waals surface area contributed by atoms with Gasteiger partial charge in [-0.2, -0.15) is 0 Å². The van der Waals surface area contributed by atoms with Gasteiger partial charge in [0.15, 0.2) is 0 Å². The van der Waals surface area contributed by atoms with Crippen molar-refractivity contribution in [3.05, 3.63) is 30.1 Å². The minimum atomic E-state index is -0.470. The average molecular weight is 276 g/mol. The Kier molecular flexibility index (Phi) is 4.43. The summed E-state index contributed by atoms with van der Waals surface area (Å²) in [6.45, 7) is 7.44. The van der Waals surface area contributed by atoms with E-state index in [4.69, 9.17) is 4.74 Å². The fourth-order valence-corrected chi connectivity index (χ4v) is 2.38. The smallest absolute Gasteiger partial charge is 0.311 e. The highest BCUT2D eigenvalue weighted by atomic mass is 16.6. The van der Waals surface area contributed by atoms with E-state index in [0.717, 1.165) is 31.6 Å². The molecule has 0 atom stereocenters. The van der Waals surface area contributed by atoms with Gasteiger partial charge in [-0.3, -0.25) is 9.78 Å². The van der Waals surface area contributed by atoms with Gasteiger partial charge in [0.1, 0.15) is 5.60 Å². The monoisotopic (exact) mass is 276 g/mol. The first-order valence-electron chi connectivity index (χ1n) is 7.25. The molecule has 0 spiro atoms. The lowest BCUT2D eigenvalue weighted by Gasteiger charge is -2.38. The zero-order valence-electron chi connectivity index (χ0n) is 12.6. The van der Waals surface area contributed by atoms with Gasteiger partial charge in [-0.25, -0.2) is 0 Å². The van der Waals surface area contributed by atoms with Crippen LogP contribution in [-0.2, 0) is 16.0 Å². The second kappa shape index (κ2) is 5.92. The number of rotatable bonds is 3. The van der Waals surface area contributed by atoms with Crippen molar-refractivity contribution in [3.8, 4) is 0 Å². The van der Waals surface area contributed by atoms with Crippen LogP contribution in [0.15, 0.2) is 24.4 Å². The molecule has 4 heteroatoms. The van der Waals surface area contributed by atoms with Crippen LogP contribution in [0.1, 0.15) is 39.3 Å². The highest BCUT2D eigenvalue weighted by molar-refractivity contribution is 5.75. The van der Waals surface area contributed by atoms with Crippen molar-refractivity contribution in [2.24, 2.45) is 5.41 Å². The lowest BCUT2D eigenvalue weighted by atomic mass is 9.86. The van der Waals surface area contributed by atoms with E-state index < -0.39 is 11.0 Å². The molecule has 1 aromatic heterocycles. The number of carbonyl (C=O) groups excluding carboxylic acids is 1. The summed E-state index contributed by atoms with van der Waals surface area (Å²) in [6.07, 6.45) is 4.16. The highest BCUT2D eigenvalue weighted by Crippen LogP contribution is 2.30. The first-order chi connectivity index (χ1) is 9.41. The molecule has 1 aromatic rings. The van der Waals surface area contributed by atoms with Crippen LogP contribution in [0.25, 0.3) is 0 Å². The van der Waals surface area contributed by atoms with Crippen molar-refractivity contribution in [2.75, 3.05) is 13.1 Å². The maximum absolute atomic E-state index is 12.3. The van der Waals surface area contributed by atoms with Crippen molar-refractivity contribution < 1.29 is 9.53 Å². The third-order valence-corrected chi connectivity index (χ3v) is 3.67. The quantitative estimate of drug-likeness (QED) is 0.861. The molecule has 1 aliphatic heterocycles. The number of carbonyl (C=O) groups is 1. The van der Waals surface area contributed by atoms with E-state index in [-0.39, 0.29) is 5.97 Å². The Morgan fingerprint density at radius 3 is 2.60 bits per heavy atom. The average Bonchev–Trinajstić information content (AvgIpc) is 2.39. The van der Waals surface area contributed by atoms with Crippen LogP contribution in [0.4, 0.5) is 0 Å². The van der Waals surface area contributed by atoms with Gasteiger partial charge in [0.05, 0.1) is 5.41 Å². The molecule has 1 aliphatic rings. The highest BCUT2D eigenvalue weighted by Gasteiger charge is 2.39. The van der Waals surface area contributed by atoms with Crippen LogP contribution in [0.2, 0.25) is 0 Å². The van der Waals surface area contributed by atoms with Crippen LogP contribution in [0, 0.1) is 5.41 Å². The minimum Gasteiger partial charge on any atom is -0.458 e. The maximum atomic E-state index is 12.3. The van der Waals surface area contributed by atoms with Gasteiger partial charge in [0.2, 0.25) is 0 Å². The Morgan fingerprint density at radius 2 is 2.05 bits per heavy atom. The Hall–Kier alpha value is -1.42. The van der Waals surface area contributed by atoms with Crippen molar-refractivity contribution in [3.63, 3.8) is 0 Å². The number of ether oxygens (including phenoxy) is 1. The fraction of sp³-hybridized carbons (Fsp3) is 0.625. The summed E-state index contributed by atoms with van der Waals surface area (Å²) in [4.78, 5) is 16.6. The van der Waals surface area contributed by atoms with Crippen molar-refractivity contribution in [1.82, 2.24) is 10.3 Å². The summed E-state index contributed by atoms with van der Waals surface area (Å²) in [5.74, 6) is -0.129. The molecule has 1 N–H and O–H groups in total. The second-order valence-corrected chi connectivity index (χ2v) is 6.57. The number of nitrogens with zero attached hydrogens (tertiary/aromatic N) is 1. The molecule has 0 radical (unpaired) electrons. The van der Waals surface area contributed by atoms with Gasteiger partial charge in [0.25, 0.3) is 0 Å².